The number of allylic oxidation sites excluding steroid dienone is 7. The van der Waals surface area contributed by atoms with E-state index in [0.717, 1.165) is 31.3 Å². The van der Waals surface area contributed by atoms with Crippen LogP contribution in [0.2, 0.25) is 0 Å². The number of rotatable bonds is 4. The predicted octanol–water partition coefficient (Wildman–Crippen LogP) is 9.67. The van der Waals surface area contributed by atoms with Crippen molar-refractivity contribution >= 4 is 5.57 Å². The first-order valence-electron chi connectivity index (χ1n) is 13.4. The third kappa shape index (κ3) is 3.09. The molecule has 0 heteroatoms. The van der Waals surface area contributed by atoms with E-state index in [0.29, 0.717) is 0 Å². The molecule has 4 rings (SSSR count). The van der Waals surface area contributed by atoms with Gasteiger partial charge in [-0.2, -0.15) is 0 Å². The van der Waals surface area contributed by atoms with Gasteiger partial charge in [-0.1, -0.05) is 83.6 Å². The molecule has 182 valence electrons. The standard InChI is InChI=1S/C34H46/c1-13-15-27-16-26(14-2)22(6)30-23(7)31-25(9)34(12)24(8)29(20(3)4)21(5)17-33(34,11)19-32(31,10)18-28(27)30/h16H,3,7-8,13-15,17-19H2,1-2,4-6,9-12H3/t32-,33+,34-/m1/s1. The largest absolute Gasteiger partial charge is 0.0955 e. The fourth-order valence-electron chi connectivity index (χ4n) is 8.59. The Hall–Kier alpha value is -2.08. The molecule has 0 amide bonds. The van der Waals surface area contributed by atoms with Crippen LogP contribution in [-0.4, -0.2) is 0 Å². The van der Waals surface area contributed by atoms with Crippen LogP contribution in [0.25, 0.3) is 5.57 Å². The summed E-state index contributed by atoms with van der Waals surface area (Å²) in [6.45, 7) is 35.2. The Kier molecular flexibility index (Phi) is 5.87. The lowest BCUT2D eigenvalue weighted by atomic mass is 9.41. The zero-order valence-corrected chi connectivity index (χ0v) is 23.4. The molecule has 34 heavy (non-hydrogen) atoms. The van der Waals surface area contributed by atoms with Gasteiger partial charge in [0.2, 0.25) is 0 Å². The Morgan fingerprint density at radius 2 is 1.65 bits per heavy atom. The summed E-state index contributed by atoms with van der Waals surface area (Å²) in [6, 6.07) is 2.51. The van der Waals surface area contributed by atoms with Gasteiger partial charge in [-0.15, -0.1) is 0 Å². The molecular weight excluding hydrogens is 408 g/mol. The zero-order chi connectivity index (χ0) is 25.4. The smallest absolute Gasteiger partial charge is 0.0194 e. The van der Waals surface area contributed by atoms with Crippen LogP contribution in [0.1, 0.15) is 102 Å². The summed E-state index contributed by atoms with van der Waals surface area (Å²) in [4.78, 5) is 0. The molecule has 0 nitrogen and oxygen atoms in total. The van der Waals surface area contributed by atoms with Crippen LogP contribution in [-0.2, 0) is 19.3 Å². The zero-order valence-electron chi connectivity index (χ0n) is 23.4. The molecular formula is C34H46. The van der Waals surface area contributed by atoms with Gasteiger partial charge in [0, 0.05) is 5.41 Å². The third-order valence-electron chi connectivity index (χ3n) is 10.1. The maximum atomic E-state index is 4.84. The topological polar surface area (TPSA) is 0 Å². The second-order valence-electron chi connectivity index (χ2n) is 12.4. The minimum absolute atomic E-state index is 0.0847. The van der Waals surface area contributed by atoms with E-state index < -0.39 is 0 Å². The summed E-state index contributed by atoms with van der Waals surface area (Å²) in [7, 11) is 0. The molecule has 0 aromatic heterocycles. The number of fused-ring (bicyclic) bond motifs is 3. The molecule has 0 radical (unpaired) electrons. The normalized spacial score (nSPS) is 30.9. The van der Waals surface area contributed by atoms with Gasteiger partial charge in [0.15, 0.2) is 0 Å². The highest BCUT2D eigenvalue weighted by Gasteiger charge is 2.59. The Morgan fingerprint density at radius 1 is 1.00 bits per heavy atom. The Morgan fingerprint density at radius 3 is 2.21 bits per heavy atom. The Balaban J connectivity index is 2.03. The van der Waals surface area contributed by atoms with Gasteiger partial charge in [-0.25, -0.2) is 0 Å². The van der Waals surface area contributed by atoms with Crippen LogP contribution in [0, 0.1) is 23.2 Å². The molecule has 3 atom stereocenters. The van der Waals surface area contributed by atoms with E-state index in [4.69, 9.17) is 13.2 Å². The molecule has 1 aromatic rings. The minimum atomic E-state index is -0.0847. The van der Waals surface area contributed by atoms with Gasteiger partial charge < -0.3 is 0 Å². The Labute approximate surface area is 209 Å². The van der Waals surface area contributed by atoms with Crippen molar-refractivity contribution < 1.29 is 0 Å². The van der Waals surface area contributed by atoms with E-state index in [9.17, 15) is 0 Å². The van der Waals surface area contributed by atoms with Crippen molar-refractivity contribution in [2.24, 2.45) is 16.2 Å². The van der Waals surface area contributed by atoms with Gasteiger partial charge in [0.1, 0.15) is 0 Å². The molecule has 0 fully saturated rings. The van der Waals surface area contributed by atoms with Crippen LogP contribution in [0.15, 0.2) is 59.2 Å². The summed E-state index contributed by atoms with van der Waals surface area (Å²) in [6.07, 6.45) is 6.83. The fraction of sp³-hybridized carbons (Fsp3) is 0.529. The first-order valence-corrected chi connectivity index (χ1v) is 13.4. The van der Waals surface area contributed by atoms with Gasteiger partial charge in [-0.3, -0.25) is 0 Å². The van der Waals surface area contributed by atoms with Crippen molar-refractivity contribution in [1.82, 2.24) is 0 Å². The number of benzene rings is 1. The third-order valence-corrected chi connectivity index (χ3v) is 10.1. The molecule has 0 spiro atoms. The lowest BCUT2D eigenvalue weighted by Gasteiger charge is -2.62. The van der Waals surface area contributed by atoms with Gasteiger partial charge in [-0.05, 0) is 121 Å². The number of aryl methyl sites for hydroxylation is 2. The second-order valence-corrected chi connectivity index (χ2v) is 12.4. The van der Waals surface area contributed by atoms with Crippen LogP contribution in [0.3, 0.4) is 0 Å². The quantitative estimate of drug-likeness (QED) is 0.425. The van der Waals surface area contributed by atoms with Gasteiger partial charge in [0.25, 0.3) is 0 Å². The molecule has 3 aliphatic carbocycles. The molecule has 0 saturated carbocycles. The van der Waals surface area contributed by atoms with E-state index in [-0.39, 0.29) is 16.2 Å². The second kappa shape index (κ2) is 7.97. The molecule has 0 aliphatic heterocycles. The first kappa shape index (κ1) is 25.0. The van der Waals surface area contributed by atoms with Crippen LogP contribution < -0.4 is 0 Å². The van der Waals surface area contributed by atoms with E-state index in [1.54, 1.807) is 11.1 Å². The van der Waals surface area contributed by atoms with Crippen LogP contribution >= 0.6 is 0 Å². The summed E-state index contributed by atoms with van der Waals surface area (Å²) in [5.74, 6) is 0. The van der Waals surface area contributed by atoms with Crippen molar-refractivity contribution in [3.63, 3.8) is 0 Å². The predicted molar refractivity (Wildman–Crippen MR) is 150 cm³/mol. The van der Waals surface area contributed by atoms with Crippen molar-refractivity contribution in [1.29, 1.82) is 0 Å². The monoisotopic (exact) mass is 454 g/mol. The first-order chi connectivity index (χ1) is 15.8. The molecule has 0 bridgehead atoms. The Bertz CT molecular complexity index is 1190. The molecule has 0 N–H and O–H groups in total. The maximum Gasteiger partial charge on any atom is 0.0194 e. The lowest BCUT2D eigenvalue weighted by Crippen LogP contribution is -2.52. The minimum Gasteiger partial charge on any atom is -0.0955 e. The molecule has 1 aromatic carbocycles. The molecule has 0 unspecified atom stereocenters. The van der Waals surface area contributed by atoms with E-state index in [1.165, 1.54) is 63.0 Å². The van der Waals surface area contributed by atoms with Crippen LogP contribution in [0.4, 0.5) is 0 Å². The highest BCUT2D eigenvalue weighted by atomic mass is 14.6. The molecule has 0 heterocycles. The van der Waals surface area contributed by atoms with Crippen molar-refractivity contribution in [3.05, 3.63) is 87.1 Å². The molecule has 3 aliphatic rings. The highest BCUT2D eigenvalue weighted by Crippen LogP contribution is 2.70. The fourth-order valence-corrected chi connectivity index (χ4v) is 8.59. The van der Waals surface area contributed by atoms with E-state index >= 15 is 0 Å². The summed E-state index contributed by atoms with van der Waals surface area (Å²) < 4.78 is 0. The lowest BCUT2D eigenvalue weighted by molar-refractivity contribution is 0.0543. The number of hydrogen-bond acceptors (Lipinski definition) is 0. The molecule has 0 saturated heterocycles. The van der Waals surface area contributed by atoms with Gasteiger partial charge >= 0.3 is 0 Å². The maximum absolute atomic E-state index is 4.84. The highest BCUT2D eigenvalue weighted by molar-refractivity contribution is 5.87. The van der Waals surface area contributed by atoms with Crippen LogP contribution in [0.5, 0.6) is 0 Å². The summed E-state index contributed by atoms with van der Waals surface area (Å²) >= 11 is 0. The van der Waals surface area contributed by atoms with E-state index in [1.807, 2.05) is 0 Å². The SMILES string of the molecule is C=C(C)C1=C(C)C[C@@]2(C)C[C@@]3(C)Cc4c(CCC)cc(CC)c(C)c4C(=C)C3=C(C)[C@@]2(C)C1=C. The summed E-state index contributed by atoms with van der Waals surface area (Å²) in [5.41, 5.74) is 17.2. The van der Waals surface area contributed by atoms with Crippen molar-refractivity contribution in [2.45, 2.75) is 101 Å². The van der Waals surface area contributed by atoms with E-state index in [2.05, 4.69) is 75.0 Å². The van der Waals surface area contributed by atoms with Gasteiger partial charge in [0.05, 0.1) is 0 Å². The summed E-state index contributed by atoms with van der Waals surface area (Å²) in [5, 5.41) is 0. The number of hydrogen-bond donors (Lipinski definition) is 0. The average Bonchev–Trinajstić information content (AvgIpc) is 2.72. The van der Waals surface area contributed by atoms with Crippen molar-refractivity contribution in [2.75, 3.05) is 0 Å². The van der Waals surface area contributed by atoms with Crippen molar-refractivity contribution in [3.8, 4) is 0 Å². The average molecular weight is 455 g/mol.